The van der Waals surface area contributed by atoms with Gasteiger partial charge in [-0.2, -0.15) is 0 Å². The fourth-order valence-corrected chi connectivity index (χ4v) is 1.41. The standard InChI is InChI=1S/C11H21N3O4/c12-8(7-9(13)15)11(18)14-6-4-2-1-3-5-10(16)17/h8H,1-7,12H2,(H2,13,15)(H,14,18)(H,16,17). The lowest BCUT2D eigenvalue weighted by Crippen LogP contribution is -2.43. The number of unbranched alkanes of at least 4 members (excludes halogenated alkanes) is 3. The van der Waals surface area contributed by atoms with Crippen molar-refractivity contribution < 1.29 is 19.5 Å². The van der Waals surface area contributed by atoms with Crippen LogP contribution in [-0.2, 0) is 14.4 Å². The molecule has 104 valence electrons. The molecule has 0 saturated heterocycles. The van der Waals surface area contributed by atoms with Crippen LogP contribution in [0.1, 0.15) is 38.5 Å². The van der Waals surface area contributed by atoms with Crippen LogP contribution in [0.5, 0.6) is 0 Å². The first-order valence-corrected chi connectivity index (χ1v) is 5.97. The van der Waals surface area contributed by atoms with E-state index in [1.54, 1.807) is 0 Å². The van der Waals surface area contributed by atoms with Gasteiger partial charge in [-0.25, -0.2) is 0 Å². The summed E-state index contributed by atoms with van der Waals surface area (Å²) in [6, 6.07) is -0.894. The van der Waals surface area contributed by atoms with E-state index >= 15 is 0 Å². The van der Waals surface area contributed by atoms with Crippen molar-refractivity contribution in [2.75, 3.05) is 6.54 Å². The van der Waals surface area contributed by atoms with E-state index in [0.29, 0.717) is 13.0 Å². The van der Waals surface area contributed by atoms with Crippen LogP contribution in [0.3, 0.4) is 0 Å². The molecule has 0 fully saturated rings. The van der Waals surface area contributed by atoms with Crippen LogP contribution in [0.25, 0.3) is 0 Å². The third kappa shape index (κ3) is 9.59. The first kappa shape index (κ1) is 16.4. The maximum Gasteiger partial charge on any atom is 0.303 e. The summed E-state index contributed by atoms with van der Waals surface area (Å²) in [5.41, 5.74) is 10.4. The van der Waals surface area contributed by atoms with Gasteiger partial charge in [0.2, 0.25) is 11.8 Å². The highest BCUT2D eigenvalue weighted by Crippen LogP contribution is 2.02. The van der Waals surface area contributed by atoms with Gasteiger partial charge in [0.25, 0.3) is 0 Å². The minimum Gasteiger partial charge on any atom is -0.481 e. The number of primary amides is 1. The number of nitrogens with two attached hydrogens (primary N) is 2. The van der Waals surface area contributed by atoms with Crippen molar-refractivity contribution in [3.8, 4) is 0 Å². The average molecular weight is 259 g/mol. The Bertz CT molecular complexity index is 294. The minimum absolute atomic E-state index is 0.162. The summed E-state index contributed by atoms with van der Waals surface area (Å²) in [6.07, 6.45) is 3.08. The monoisotopic (exact) mass is 259 g/mol. The van der Waals surface area contributed by atoms with Crippen molar-refractivity contribution in [1.82, 2.24) is 5.32 Å². The molecule has 0 bridgehead atoms. The van der Waals surface area contributed by atoms with Crippen molar-refractivity contribution in [2.45, 2.75) is 44.6 Å². The summed E-state index contributed by atoms with van der Waals surface area (Å²) in [7, 11) is 0. The largest absolute Gasteiger partial charge is 0.481 e. The highest BCUT2D eigenvalue weighted by Gasteiger charge is 2.14. The summed E-state index contributed by atoms with van der Waals surface area (Å²) in [5, 5.41) is 11.0. The molecule has 18 heavy (non-hydrogen) atoms. The lowest BCUT2D eigenvalue weighted by Gasteiger charge is -2.10. The molecular weight excluding hydrogens is 238 g/mol. The van der Waals surface area contributed by atoms with Gasteiger partial charge in [0.15, 0.2) is 0 Å². The second kappa shape index (κ2) is 9.41. The number of carbonyl (C=O) groups is 3. The van der Waals surface area contributed by atoms with E-state index in [9.17, 15) is 14.4 Å². The number of nitrogens with one attached hydrogen (secondary N) is 1. The third-order valence-electron chi connectivity index (χ3n) is 2.37. The van der Waals surface area contributed by atoms with Crippen molar-refractivity contribution in [2.24, 2.45) is 11.5 Å². The fourth-order valence-electron chi connectivity index (χ4n) is 1.41. The van der Waals surface area contributed by atoms with Crippen LogP contribution in [0.2, 0.25) is 0 Å². The van der Waals surface area contributed by atoms with Crippen LogP contribution in [0, 0.1) is 0 Å². The fraction of sp³-hybridized carbons (Fsp3) is 0.727. The smallest absolute Gasteiger partial charge is 0.303 e. The summed E-state index contributed by atoms with van der Waals surface area (Å²) in [5.74, 6) is -1.79. The van der Waals surface area contributed by atoms with Crippen LogP contribution in [0.15, 0.2) is 0 Å². The third-order valence-corrected chi connectivity index (χ3v) is 2.37. The number of hydrogen-bond acceptors (Lipinski definition) is 4. The lowest BCUT2D eigenvalue weighted by atomic mass is 10.1. The van der Waals surface area contributed by atoms with Gasteiger partial charge in [-0.3, -0.25) is 14.4 Å². The van der Waals surface area contributed by atoms with Crippen molar-refractivity contribution in [1.29, 1.82) is 0 Å². The van der Waals surface area contributed by atoms with Crippen LogP contribution in [-0.4, -0.2) is 35.5 Å². The normalized spacial score (nSPS) is 11.8. The van der Waals surface area contributed by atoms with Crippen molar-refractivity contribution >= 4 is 17.8 Å². The lowest BCUT2D eigenvalue weighted by molar-refractivity contribution is -0.137. The summed E-state index contributed by atoms with van der Waals surface area (Å²) in [6.45, 7) is 0.471. The molecular formula is C11H21N3O4. The Kier molecular flexibility index (Phi) is 8.55. The van der Waals surface area contributed by atoms with Gasteiger partial charge >= 0.3 is 5.97 Å². The SMILES string of the molecule is NC(=O)CC(N)C(=O)NCCCCCCC(=O)O. The van der Waals surface area contributed by atoms with E-state index in [2.05, 4.69) is 5.32 Å². The maximum atomic E-state index is 11.3. The second-order valence-electron chi connectivity index (χ2n) is 4.13. The van der Waals surface area contributed by atoms with Crippen molar-refractivity contribution in [3.05, 3.63) is 0 Å². The molecule has 0 saturated carbocycles. The Morgan fingerprint density at radius 2 is 1.72 bits per heavy atom. The van der Waals surface area contributed by atoms with Gasteiger partial charge in [0.05, 0.1) is 12.5 Å². The van der Waals surface area contributed by atoms with Gasteiger partial charge < -0.3 is 21.9 Å². The van der Waals surface area contributed by atoms with Crippen molar-refractivity contribution in [3.63, 3.8) is 0 Å². The number of carboxylic acids is 1. The van der Waals surface area contributed by atoms with Gasteiger partial charge in [0, 0.05) is 13.0 Å². The molecule has 0 spiro atoms. The number of aliphatic carboxylic acids is 1. The first-order valence-electron chi connectivity index (χ1n) is 5.97. The van der Waals surface area contributed by atoms with E-state index in [-0.39, 0.29) is 18.7 Å². The summed E-state index contributed by atoms with van der Waals surface area (Å²) in [4.78, 5) is 32.1. The molecule has 6 N–H and O–H groups in total. The zero-order chi connectivity index (χ0) is 14.0. The molecule has 1 atom stereocenters. The zero-order valence-corrected chi connectivity index (χ0v) is 10.4. The number of amides is 2. The topological polar surface area (TPSA) is 136 Å². The number of rotatable bonds is 10. The summed E-state index contributed by atoms with van der Waals surface area (Å²) >= 11 is 0. The van der Waals surface area contributed by atoms with E-state index in [1.165, 1.54) is 0 Å². The van der Waals surface area contributed by atoms with Gasteiger partial charge in [-0.1, -0.05) is 12.8 Å². The average Bonchev–Trinajstić information content (AvgIpc) is 2.26. The Morgan fingerprint density at radius 1 is 1.11 bits per heavy atom. The molecule has 0 aliphatic heterocycles. The molecule has 0 aromatic carbocycles. The Labute approximate surface area is 106 Å². The predicted octanol–water partition coefficient (Wildman–Crippen LogP) is -0.660. The molecule has 7 heteroatoms. The molecule has 2 amide bonds. The van der Waals surface area contributed by atoms with Crippen LogP contribution < -0.4 is 16.8 Å². The first-order chi connectivity index (χ1) is 8.43. The molecule has 0 aromatic rings. The molecule has 0 aromatic heterocycles. The molecule has 0 aliphatic carbocycles. The number of hydrogen-bond donors (Lipinski definition) is 4. The highest BCUT2D eigenvalue weighted by atomic mass is 16.4. The molecule has 1 unspecified atom stereocenters. The number of carboxylic acid groups (broad SMARTS) is 1. The number of carbonyl (C=O) groups excluding carboxylic acids is 2. The molecule has 0 heterocycles. The Hall–Kier alpha value is -1.63. The van der Waals surface area contributed by atoms with Crippen LogP contribution in [0.4, 0.5) is 0 Å². The van der Waals surface area contributed by atoms with E-state index in [4.69, 9.17) is 16.6 Å². The summed E-state index contributed by atoms with van der Waals surface area (Å²) < 4.78 is 0. The molecule has 0 radical (unpaired) electrons. The Balaban J connectivity index is 3.45. The van der Waals surface area contributed by atoms with E-state index < -0.39 is 17.9 Å². The van der Waals surface area contributed by atoms with Crippen LogP contribution >= 0.6 is 0 Å². The molecule has 7 nitrogen and oxygen atoms in total. The maximum absolute atomic E-state index is 11.3. The quantitative estimate of drug-likeness (QED) is 0.386. The van der Waals surface area contributed by atoms with Gasteiger partial charge in [-0.05, 0) is 12.8 Å². The van der Waals surface area contributed by atoms with Gasteiger partial charge in [0.1, 0.15) is 0 Å². The minimum atomic E-state index is -0.894. The van der Waals surface area contributed by atoms with Gasteiger partial charge in [-0.15, -0.1) is 0 Å². The Morgan fingerprint density at radius 3 is 2.28 bits per heavy atom. The zero-order valence-electron chi connectivity index (χ0n) is 10.4. The molecule has 0 aliphatic rings. The highest BCUT2D eigenvalue weighted by molar-refractivity contribution is 5.87. The van der Waals surface area contributed by atoms with E-state index in [0.717, 1.165) is 19.3 Å². The molecule has 0 rings (SSSR count). The predicted molar refractivity (Wildman–Crippen MR) is 65.5 cm³/mol. The second-order valence-corrected chi connectivity index (χ2v) is 4.13. The van der Waals surface area contributed by atoms with E-state index in [1.807, 2.05) is 0 Å².